The molecule has 0 aliphatic heterocycles. The summed E-state index contributed by atoms with van der Waals surface area (Å²) >= 11 is 0. The Morgan fingerprint density at radius 3 is 2.35 bits per heavy atom. The van der Waals surface area contributed by atoms with E-state index in [1.165, 1.54) is 12.1 Å². The van der Waals surface area contributed by atoms with Gasteiger partial charge in [-0.05, 0) is 54.6 Å². The number of hydrogen-bond acceptors (Lipinski definition) is 5. The van der Waals surface area contributed by atoms with Gasteiger partial charge in [-0.25, -0.2) is 8.60 Å². The lowest BCUT2D eigenvalue weighted by Crippen LogP contribution is -2.32. The van der Waals surface area contributed by atoms with E-state index in [1.54, 1.807) is 60.7 Å². The molecule has 0 radical (unpaired) electrons. The van der Waals surface area contributed by atoms with Crippen molar-refractivity contribution >= 4 is 33.9 Å². The molecule has 194 valence electrons. The van der Waals surface area contributed by atoms with Gasteiger partial charge in [-0.15, -0.1) is 0 Å². The number of ketones is 1. The van der Waals surface area contributed by atoms with E-state index in [0.29, 0.717) is 34.8 Å². The molecule has 3 rings (SSSR count). The number of amides is 1. The van der Waals surface area contributed by atoms with Gasteiger partial charge < -0.3 is 15.1 Å². The Labute approximate surface area is 218 Å². The number of para-hydroxylation sites is 1. The zero-order valence-electron chi connectivity index (χ0n) is 20.6. The zero-order valence-corrected chi connectivity index (χ0v) is 21.4. The number of hydrogen-bond donors (Lipinski definition) is 3. The first-order valence-electron chi connectivity index (χ1n) is 11.8. The predicted octanol–water partition coefficient (Wildman–Crippen LogP) is 3.79. The summed E-state index contributed by atoms with van der Waals surface area (Å²) in [4.78, 5) is 27.5. The third-order valence-electron chi connectivity index (χ3n) is 5.72. The average molecular weight is 524 g/mol. The third-order valence-corrected chi connectivity index (χ3v) is 6.82. The summed E-state index contributed by atoms with van der Waals surface area (Å²) in [6.07, 6.45) is 0. The van der Waals surface area contributed by atoms with Crippen LogP contribution in [0.1, 0.15) is 28.4 Å². The monoisotopic (exact) mass is 523 g/mol. The lowest BCUT2D eigenvalue weighted by Gasteiger charge is -2.19. The van der Waals surface area contributed by atoms with Crippen LogP contribution in [0.25, 0.3) is 5.57 Å². The zero-order chi connectivity index (χ0) is 26.8. The summed E-state index contributed by atoms with van der Waals surface area (Å²) in [5.41, 5.74) is 2.48. The van der Waals surface area contributed by atoms with Gasteiger partial charge >= 0.3 is 0 Å². The smallest absolute Gasteiger partial charge is 0.251 e. The van der Waals surface area contributed by atoms with Crippen molar-refractivity contribution in [2.45, 2.75) is 18.4 Å². The van der Waals surface area contributed by atoms with Crippen LogP contribution in [-0.4, -0.2) is 52.1 Å². The largest absolute Gasteiger partial charge is 0.395 e. The molecule has 0 spiro atoms. The number of carbonyl (C=O) groups is 2. The van der Waals surface area contributed by atoms with Gasteiger partial charge in [0.15, 0.2) is 5.78 Å². The first-order chi connectivity index (χ1) is 17.8. The van der Waals surface area contributed by atoms with Crippen LogP contribution in [-0.2, 0) is 22.3 Å². The predicted molar refractivity (Wildman–Crippen MR) is 144 cm³/mol. The molecule has 9 heteroatoms. The molecule has 1 unspecified atom stereocenters. The first kappa shape index (κ1) is 27.9. The van der Waals surface area contributed by atoms with E-state index in [1.807, 2.05) is 11.8 Å². The Kier molecular flexibility index (Phi) is 10.3. The second kappa shape index (κ2) is 13.6. The van der Waals surface area contributed by atoms with Crippen LogP contribution in [0.2, 0.25) is 0 Å². The van der Waals surface area contributed by atoms with E-state index in [0.717, 1.165) is 5.56 Å². The second-order valence-electron chi connectivity index (χ2n) is 8.24. The van der Waals surface area contributed by atoms with Crippen molar-refractivity contribution in [2.24, 2.45) is 0 Å². The minimum atomic E-state index is -1.66. The van der Waals surface area contributed by atoms with E-state index >= 15 is 0 Å². The number of halogens is 1. The number of aliphatic hydroxyl groups is 1. The van der Waals surface area contributed by atoms with Gasteiger partial charge in [0, 0.05) is 29.8 Å². The Balaban J connectivity index is 1.64. The molecule has 0 bridgehead atoms. The highest BCUT2D eigenvalue weighted by atomic mass is 32.2. The highest BCUT2D eigenvalue weighted by Gasteiger charge is 2.17. The summed E-state index contributed by atoms with van der Waals surface area (Å²) in [6.45, 7) is 7.19. The third kappa shape index (κ3) is 7.91. The highest BCUT2D eigenvalue weighted by molar-refractivity contribution is 7.86. The van der Waals surface area contributed by atoms with E-state index in [-0.39, 0.29) is 42.8 Å². The molecule has 0 saturated carbocycles. The van der Waals surface area contributed by atoms with Crippen molar-refractivity contribution in [1.82, 2.24) is 10.2 Å². The number of benzene rings is 3. The van der Waals surface area contributed by atoms with Crippen LogP contribution in [0.3, 0.4) is 0 Å². The van der Waals surface area contributed by atoms with Crippen LogP contribution in [0.4, 0.5) is 10.1 Å². The number of likely N-dealkylation sites (N-methyl/N-ethyl adjacent to an activating group) is 1. The summed E-state index contributed by atoms with van der Waals surface area (Å²) in [7, 11) is -1.66. The van der Waals surface area contributed by atoms with Crippen molar-refractivity contribution in [1.29, 1.82) is 0 Å². The molecular weight excluding hydrogens is 493 g/mol. The van der Waals surface area contributed by atoms with Gasteiger partial charge in [0.1, 0.15) is 16.8 Å². The minimum Gasteiger partial charge on any atom is -0.395 e. The maximum atomic E-state index is 13.0. The number of aliphatic hydroxyl groups excluding tert-OH is 1. The normalized spacial score (nSPS) is 11.7. The fourth-order valence-electron chi connectivity index (χ4n) is 3.55. The molecule has 1 amide bonds. The molecule has 7 nitrogen and oxygen atoms in total. The Bertz CT molecular complexity index is 1260. The second-order valence-corrected chi connectivity index (χ2v) is 9.46. The number of anilines is 1. The molecular formula is C28H30FN3O4S. The van der Waals surface area contributed by atoms with Crippen molar-refractivity contribution in [3.63, 3.8) is 0 Å². The number of rotatable bonds is 13. The lowest BCUT2D eigenvalue weighted by atomic mass is 10.0. The summed E-state index contributed by atoms with van der Waals surface area (Å²) in [5.74, 6) is -0.838. The standard InChI is InChI=1S/C28H30FN3O4S/c1-3-32(16-17-33)19-27(34)20(2)25-6-4-5-7-26(25)31-37(36)24-14-10-22(11-15-24)28(35)30-18-21-8-12-23(29)13-9-21/h4-15,31,33H,2-3,16-19H2,1H3,(H,30,35). The van der Waals surface area contributed by atoms with Crippen LogP contribution in [0.5, 0.6) is 0 Å². The Hall–Kier alpha value is -3.66. The van der Waals surface area contributed by atoms with Crippen LogP contribution < -0.4 is 10.0 Å². The highest BCUT2D eigenvalue weighted by Crippen LogP contribution is 2.25. The van der Waals surface area contributed by atoms with Gasteiger partial charge in [-0.3, -0.25) is 14.5 Å². The topological polar surface area (TPSA) is 98.7 Å². The van der Waals surface area contributed by atoms with Gasteiger partial charge in [0.05, 0.1) is 23.7 Å². The average Bonchev–Trinajstić information content (AvgIpc) is 2.92. The van der Waals surface area contributed by atoms with Gasteiger partial charge in [-0.2, -0.15) is 0 Å². The Morgan fingerprint density at radius 1 is 1.03 bits per heavy atom. The van der Waals surface area contributed by atoms with Gasteiger partial charge in [-0.1, -0.05) is 43.8 Å². The van der Waals surface area contributed by atoms with E-state index in [9.17, 15) is 18.2 Å². The quantitative estimate of drug-likeness (QED) is 0.296. The fourth-order valence-corrected chi connectivity index (χ4v) is 4.43. The summed E-state index contributed by atoms with van der Waals surface area (Å²) in [6, 6.07) is 19.2. The van der Waals surface area contributed by atoms with E-state index in [4.69, 9.17) is 5.11 Å². The van der Waals surface area contributed by atoms with Crippen LogP contribution in [0.15, 0.2) is 84.3 Å². The lowest BCUT2D eigenvalue weighted by molar-refractivity contribution is -0.114. The Morgan fingerprint density at radius 2 is 1.70 bits per heavy atom. The number of nitrogens with one attached hydrogen (secondary N) is 2. The number of carbonyl (C=O) groups excluding carboxylic acids is 2. The number of nitrogens with zero attached hydrogens (tertiary/aromatic N) is 1. The minimum absolute atomic E-state index is 0.0422. The van der Waals surface area contributed by atoms with Crippen LogP contribution >= 0.6 is 0 Å². The van der Waals surface area contributed by atoms with Gasteiger partial charge in [0.2, 0.25) is 0 Å². The maximum absolute atomic E-state index is 13.0. The molecule has 0 aliphatic rings. The molecule has 37 heavy (non-hydrogen) atoms. The molecule has 3 N–H and O–H groups in total. The number of Topliss-reactive ketones (excluding diaryl/α,β-unsaturated/α-hetero) is 1. The van der Waals surface area contributed by atoms with Crippen molar-refractivity contribution in [3.8, 4) is 0 Å². The molecule has 0 saturated heterocycles. The summed E-state index contributed by atoms with van der Waals surface area (Å²) in [5, 5.41) is 11.9. The van der Waals surface area contributed by atoms with E-state index in [2.05, 4.69) is 16.6 Å². The molecule has 0 fully saturated rings. The SMILES string of the molecule is C=C(C(=O)CN(CC)CCO)c1ccccc1NS(=O)c1ccc(C(=O)NCc2ccc(F)cc2)cc1. The molecule has 1 atom stereocenters. The van der Waals surface area contributed by atoms with Crippen molar-refractivity contribution < 1.29 is 23.3 Å². The fraction of sp³-hybridized carbons (Fsp3) is 0.214. The van der Waals surface area contributed by atoms with Crippen molar-refractivity contribution in [2.75, 3.05) is 31.0 Å². The molecule has 3 aromatic rings. The van der Waals surface area contributed by atoms with Gasteiger partial charge in [0.25, 0.3) is 5.91 Å². The van der Waals surface area contributed by atoms with Crippen LogP contribution in [0, 0.1) is 5.82 Å². The maximum Gasteiger partial charge on any atom is 0.251 e. The molecule has 0 aliphatic carbocycles. The van der Waals surface area contributed by atoms with Crippen molar-refractivity contribution in [3.05, 3.63) is 102 Å². The molecule has 3 aromatic carbocycles. The summed E-state index contributed by atoms with van der Waals surface area (Å²) < 4.78 is 29.0. The van der Waals surface area contributed by atoms with E-state index < -0.39 is 11.0 Å². The molecule has 0 heterocycles. The molecule has 0 aromatic heterocycles. The first-order valence-corrected chi connectivity index (χ1v) is 12.9.